The molecule has 2 aliphatic heterocycles. The predicted octanol–water partition coefficient (Wildman–Crippen LogP) is 3.19. The Morgan fingerprint density at radius 2 is 1.82 bits per heavy atom. The zero-order valence-electron chi connectivity index (χ0n) is 15.9. The van der Waals surface area contributed by atoms with E-state index in [0.717, 1.165) is 31.5 Å². The number of piperidine rings is 1. The lowest BCUT2D eigenvalue weighted by Crippen LogP contribution is -2.29. The van der Waals surface area contributed by atoms with Gasteiger partial charge in [-0.1, -0.05) is 42.5 Å². The molecule has 0 unspecified atom stereocenters. The van der Waals surface area contributed by atoms with Crippen LogP contribution in [0.3, 0.4) is 0 Å². The molecule has 7 heteroatoms. The molecule has 0 N–H and O–H groups in total. The second-order valence-electron chi connectivity index (χ2n) is 7.16. The van der Waals surface area contributed by atoms with Crippen LogP contribution < -0.4 is 10.0 Å². The molecule has 0 atom stereocenters. The molecule has 2 fully saturated rings. The smallest absolute Gasteiger partial charge is 0.266 e. The summed E-state index contributed by atoms with van der Waals surface area (Å²) in [6.45, 7) is 2.75. The van der Waals surface area contributed by atoms with E-state index < -0.39 is 5.97 Å². The number of hydrogen-bond donors (Lipinski definition) is 0. The number of aliphatic carboxylic acids is 1. The number of hydrogen-bond acceptors (Lipinski definition) is 6. The molecule has 0 saturated carbocycles. The van der Waals surface area contributed by atoms with Gasteiger partial charge in [-0.25, -0.2) is 0 Å². The van der Waals surface area contributed by atoms with E-state index in [4.69, 9.17) is 12.2 Å². The van der Waals surface area contributed by atoms with Gasteiger partial charge in [-0.2, -0.15) is 0 Å². The molecule has 1 aromatic rings. The quantitative estimate of drug-likeness (QED) is 0.368. The highest BCUT2D eigenvalue weighted by molar-refractivity contribution is 8.26. The molecule has 28 heavy (non-hydrogen) atoms. The van der Waals surface area contributed by atoms with Crippen LogP contribution in [0.15, 0.2) is 29.2 Å². The van der Waals surface area contributed by atoms with Crippen LogP contribution in [0.1, 0.15) is 50.5 Å². The van der Waals surface area contributed by atoms with Gasteiger partial charge in [0.2, 0.25) is 0 Å². The van der Waals surface area contributed by atoms with E-state index in [0.29, 0.717) is 22.2 Å². The highest BCUT2D eigenvalue weighted by atomic mass is 32.2. The molecule has 0 radical (unpaired) electrons. The predicted molar refractivity (Wildman–Crippen MR) is 116 cm³/mol. The molecule has 0 aliphatic carbocycles. The summed E-state index contributed by atoms with van der Waals surface area (Å²) >= 11 is 6.68. The highest BCUT2D eigenvalue weighted by Gasteiger charge is 2.31. The van der Waals surface area contributed by atoms with Crippen LogP contribution in [0.2, 0.25) is 0 Å². The number of carbonyl (C=O) groups is 2. The van der Waals surface area contributed by atoms with Gasteiger partial charge in [0.05, 0.1) is 4.91 Å². The fourth-order valence-electron chi connectivity index (χ4n) is 3.49. The number of unbranched alkanes of at least 4 members (excludes halogenated alkanes) is 2. The molecular weight excluding hydrogens is 392 g/mol. The number of amides is 1. The summed E-state index contributed by atoms with van der Waals surface area (Å²) in [6.07, 6.45) is 7.80. The summed E-state index contributed by atoms with van der Waals surface area (Å²) in [5.74, 6) is -1.09. The maximum Gasteiger partial charge on any atom is 0.266 e. The molecule has 1 amide bonds. The van der Waals surface area contributed by atoms with Gasteiger partial charge in [-0.3, -0.25) is 9.69 Å². The van der Waals surface area contributed by atoms with Crippen molar-refractivity contribution in [2.45, 2.75) is 44.9 Å². The van der Waals surface area contributed by atoms with Crippen molar-refractivity contribution in [3.63, 3.8) is 0 Å². The Morgan fingerprint density at radius 3 is 2.50 bits per heavy atom. The largest absolute Gasteiger partial charge is 0.550 e. The van der Waals surface area contributed by atoms with Gasteiger partial charge in [0.1, 0.15) is 4.32 Å². The number of carbonyl (C=O) groups excluding carboxylic acids is 2. The van der Waals surface area contributed by atoms with Crippen molar-refractivity contribution in [3.8, 4) is 0 Å². The van der Waals surface area contributed by atoms with Crippen LogP contribution >= 0.6 is 24.0 Å². The van der Waals surface area contributed by atoms with Gasteiger partial charge in [0.15, 0.2) is 0 Å². The Kier molecular flexibility index (Phi) is 7.50. The molecule has 0 aromatic heterocycles. The Labute approximate surface area is 175 Å². The lowest BCUT2D eigenvalue weighted by Gasteiger charge is -2.28. The van der Waals surface area contributed by atoms with Crippen molar-refractivity contribution in [2.24, 2.45) is 0 Å². The summed E-state index contributed by atoms with van der Waals surface area (Å²) in [4.78, 5) is 27.8. The van der Waals surface area contributed by atoms with Crippen LogP contribution in [-0.4, -0.2) is 40.7 Å². The summed E-state index contributed by atoms with van der Waals surface area (Å²) in [7, 11) is 0. The van der Waals surface area contributed by atoms with Crippen molar-refractivity contribution < 1.29 is 14.7 Å². The van der Waals surface area contributed by atoms with Crippen molar-refractivity contribution in [2.75, 3.05) is 24.5 Å². The third kappa shape index (κ3) is 5.58. The minimum atomic E-state index is -1.03. The average Bonchev–Trinajstić information content (AvgIpc) is 2.96. The molecule has 2 saturated heterocycles. The fourth-order valence-corrected chi connectivity index (χ4v) is 4.80. The summed E-state index contributed by atoms with van der Waals surface area (Å²) in [5.41, 5.74) is 2.23. The third-order valence-electron chi connectivity index (χ3n) is 5.05. The summed E-state index contributed by atoms with van der Waals surface area (Å²) in [5, 5.41) is 10.4. The fraction of sp³-hybridized carbons (Fsp3) is 0.476. The Balaban J connectivity index is 1.56. The first-order valence-corrected chi connectivity index (χ1v) is 11.1. The number of carboxylic acids is 1. The van der Waals surface area contributed by atoms with Crippen LogP contribution in [0, 0.1) is 0 Å². The van der Waals surface area contributed by atoms with E-state index in [2.05, 4.69) is 29.2 Å². The molecule has 0 bridgehead atoms. The van der Waals surface area contributed by atoms with Crippen LogP contribution in [-0.2, 0) is 9.59 Å². The normalized spacial score (nSPS) is 18.9. The monoisotopic (exact) mass is 417 g/mol. The SMILES string of the molecule is O=C([O-])CCCCCN1C(=O)/C(=C\c2ccc(N3CCCCC3)cc2)SC1=S. The number of benzene rings is 1. The molecular formula is C21H25N2O3S2-. The number of thioether (sulfide) groups is 1. The van der Waals surface area contributed by atoms with Crippen LogP contribution in [0.4, 0.5) is 5.69 Å². The van der Waals surface area contributed by atoms with E-state index in [9.17, 15) is 14.7 Å². The lowest BCUT2D eigenvalue weighted by molar-refractivity contribution is -0.305. The number of thiocarbonyl (C=S) groups is 1. The first-order valence-electron chi connectivity index (χ1n) is 9.85. The van der Waals surface area contributed by atoms with Gasteiger partial charge >= 0.3 is 0 Å². The van der Waals surface area contributed by atoms with Gasteiger partial charge < -0.3 is 14.8 Å². The van der Waals surface area contributed by atoms with Gasteiger partial charge in [-0.05, 0) is 62.3 Å². The van der Waals surface area contributed by atoms with Crippen LogP contribution in [0.5, 0.6) is 0 Å². The zero-order chi connectivity index (χ0) is 19.9. The molecule has 3 rings (SSSR count). The first-order chi connectivity index (χ1) is 13.5. The third-order valence-corrected chi connectivity index (χ3v) is 6.43. The zero-order valence-corrected chi connectivity index (χ0v) is 17.5. The second kappa shape index (κ2) is 10.1. The molecule has 5 nitrogen and oxygen atoms in total. The topological polar surface area (TPSA) is 63.7 Å². The standard InChI is InChI=1S/C21H26N2O3S2/c24-19(25)7-3-1-6-14-23-20(26)18(28-21(23)27)15-16-8-10-17(11-9-16)22-12-4-2-5-13-22/h8-11,15H,1-7,12-14H2,(H,24,25)/p-1/b18-15+. The van der Waals surface area contributed by atoms with Gasteiger partial charge in [0, 0.05) is 31.3 Å². The Morgan fingerprint density at radius 1 is 1.11 bits per heavy atom. The van der Waals surface area contributed by atoms with Gasteiger partial charge in [0.25, 0.3) is 5.91 Å². The van der Waals surface area contributed by atoms with Crippen molar-refractivity contribution >= 4 is 51.9 Å². The second-order valence-corrected chi connectivity index (χ2v) is 8.83. The van der Waals surface area contributed by atoms with Crippen molar-refractivity contribution in [1.82, 2.24) is 4.90 Å². The van der Waals surface area contributed by atoms with Gasteiger partial charge in [-0.15, -0.1) is 0 Å². The van der Waals surface area contributed by atoms with Crippen molar-refractivity contribution in [1.29, 1.82) is 0 Å². The summed E-state index contributed by atoms with van der Waals surface area (Å²) < 4.78 is 0.570. The Bertz CT molecular complexity index is 755. The highest BCUT2D eigenvalue weighted by Crippen LogP contribution is 2.33. The van der Waals surface area contributed by atoms with Crippen molar-refractivity contribution in [3.05, 3.63) is 34.7 Å². The number of nitrogens with zero attached hydrogens (tertiary/aromatic N) is 2. The van der Waals surface area contributed by atoms with E-state index in [-0.39, 0.29) is 12.3 Å². The first kappa shape index (κ1) is 20.9. The molecule has 2 aliphatic rings. The average molecular weight is 418 g/mol. The number of anilines is 1. The molecule has 150 valence electrons. The minimum Gasteiger partial charge on any atom is -0.550 e. The Hall–Kier alpha value is -1.86. The van der Waals surface area contributed by atoms with E-state index in [1.54, 1.807) is 4.90 Å². The lowest BCUT2D eigenvalue weighted by atomic mass is 10.1. The molecule has 2 heterocycles. The number of rotatable bonds is 8. The minimum absolute atomic E-state index is 0.0602. The number of carboxylic acid groups (broad SMARTS) is 1. The molecule has 0 spiro atoms. The van der Waals surface area contributed by atoms with E-state index in [1.165, 1.54) is 36.7 Å². The van der Waals surface area contributed by atoms with E-state index in [1.807, 2.05) is 6.08 Å². The van der Waals surface area contributed by atoms with E-state index >= 15 is 0 Å². The maximum absolute atomic E-state index is 12.6. The molecule has 1 aromatic carbocycles. The summed E-state index contributed by atoms with van der Waals surface area (Å²) in [6, 6.07) is 8.34. The van der Waals surface area contributed by atoms with Crippen LogP contribution in [0.25, 0.3) is 6.08 Å². The maximum atomic E-state index is 12.6.